The zero-order chi connectivity index (χ0) is 28.6. The van der Waals surface area contributed by atoms with Crippen molar-refractivity contribution in [1.29, 1.82) is 0 Å². The Morgan fingerprint density at radius 1 is 0.756 bits per heavy atom. The monoisotopic (exact) mass is 548 g/mol. The van der Waals surface area contributed by atoms with E-state index < -0.39 is 6.09 Å². The number of anilines is 2. The number of benzene rings is 4. The fourth-order valence-electron chi connectivity index (χ4n) is 4.57. The molecule has 0 aliphatic heterocycles. The van der Waals surface area contributed by atoms with Crippen molar-refractivity contribution in [3.8, 4) is 5.75 Å². The van der Waals surface area contributed by atoms with Gasteiger partial charge in [-0.1, -0.05) is 54.6 Å². The second-order valence-electron chi connectivity index (χ2n) is 9.72. The van der Waals surface area contributed by atoms with E-state index in [1.807, 2.05) is 121 Å². The molecule has 0 unspecified atom stereocenters. The van der Waals surface area contributed by atoms with Gasteiger partial charge < -0.3 is 24.7 Å². The molecule has 3 amide bonds. The lowest BCUT2D eigenvalue weighted by atomic mass is 10.1. The van der Waals surface area contributed by atoms with Gasteiger partial charge in [-0.05, 0) is 65.2 Å². The van der Waals surface area contributed by atoms with Crippen molar-refractivity contribution in [3.05, 3.63) is 126 Å². The first-order chi connectivity index (χ1) is 20.0. The first-order valence-corrected chi connectivity index (χ1v) is 13.3. The second kappa shape index (κ2) is 12.7. The minimum absolute atomic E-state index is 0.176. The van der Waals surface area contributed by atoms with Crippen molar-refractivity contribution in [1.82, 2.24) is 9.47 Å². The predicted molar refractivity (Wildman–Crippen MR) is 161 cm³/mol. The molecule has 0 radical (unpaired) electrons. The van der Waals surface area contributed by atoms with Crippen molar-refractivity contribution in [3.63, 3.8) is 0 Å². The number of ether oxygens (including phenoxy) is 2. The van der Waals surface area contributed by atoms with Gasteiger partial charge in [-0.25, -0.2) is 9.59 Å². The number of fused-ring (bicyclic) bond motifs is 1. The number of carbonyl (C=O) groups excluding carboxylic acids is 2. The SMILES string of the molecule is COc1ccc(CN(Cc2cccc(NC(=O)Nc3ccc4c(ccn4C)c3)c2)C(=O)OCc2ccccc2)cc1. The van der Waals surface area contributed by atoms with Crippen molar-refractivity contribution in [2.75, 3.05) is 17.7 Å². The molecule has 0 fully saturated rings. The lowest BCUT2D eigenvalue weighted by molar-refractivity contribution is 0.0910. The van der Waals surface area contributed by atoms with Gasteiger partial charge in [-0.3, -0.25) is 4.90 Å². The smallest absolute Gasteiger partial charge is 0.410 e. The summed E-state index contributed by atoms with van der Waals surface area (Å²) in [6.07, 6.45) is 1.55. The summed E-state index contributed by atoms with van der Waals surface area (Å²) < 4.78 is 12.9. The first kappa shape index (κ1) is 27.3. The number of urea groups is 1. The zero-order valence-corrected chi connectivity index (χ0v) is 23.0. The van der Waals surface area contributed by atoms with Crippen LogP contribution in [0.5, 0.6) is 5.75 Å². The molecule has 0 bridgehead atoms. The maximum atomic E-state index is 13.2. The van der Waals surface area contributed by atoms with Gasteiger partial charge in [0.1, 0.15) is 12.4 Å². The molecule has 0 aliphatic rings. The van der Waals surface area contributed by atoms with E-state index >= 15 is 0 Å². The minimum Gasteiger partial charge on any atom is -0.497 e. The minimum atomic E-state index is -0.433. The molecule has 208 valence electrons. The number of nitrogens with zero attached hydrogens (tertiary/aromatic N) is 2. The second-order valence-corrected chi connectivity index (χ2v) is 9.72. The van der Waals surface area contributed by atoms with E-state index in [9.17, 15) is 9.59 Å². The maximum absolute atomic E-state index is 13.2. The quantitative estimate of drug-likeness (QED) is 0.205. The van der Waals surface area contributed by atoms with Gasteiger partial charge >= 0.3 is 12.1 Å². The van der Waals surface area contributed by atoms with Gasteiger partial charge in [-0.2, -0.15) is 0 Å². The fraction of sp³-hybridized carbons (Fsp3) is 0.152. The molecule has 1 heterocycles. The summed E-state index contributed by atoms with van der Waals surface area (Å²) in [6, 6.07) is 32.0. The molecule has 2 N–H and O–H groups in total. The van der Waals surface area contributed by atoms with Crippen LogP contribution in [0.15, 0.2) is 109 Å². The van der Waals surface area contributed by atoms with Gasteiger partial charge in [0.05, 0.1) is 7.11 Å². The number of aromatic nitrogens is 1. The Bertz CT molecular complexity index is 1630. The molecule has 5 rings (SSSR count). The van der Waals surface area contributed by atoms with Crippen molar-refractivity contribution >= 4 is 34.4 Å². The van der Waals surface area contributed by atoms with E-state index in [4.69, 9.17) is 9.47 Å². The fourth-order valence-corrected chi connectivity index (χ4v) is 4.57. The normalized spacial score (nSPS) is 10.7. The van der Waals surface area contributed by atoms with Crippen LogP contribution < -0.4 is 15.4 Å². The Labute approximate surface area is 239 Å². The number of hydrogen-bond donors (Lipinski definition) is 2. The van der Waals surface area contributed by atoms with Crippen LogP contribution in [0.1, 0.15) is 16.7 Å². The van der Waals surface area contributed by atoms with Crippen LogP contribution in [-0.4, -0.2) is 28.7 Å². The van der Waals surface area contributed by atoms with Crippen LogP contribution in [0.3, 0.4) is 0 Å². The highest BCUT2D eigenvalue weighted by atomic mass is 16.6. The third-order valence-corrected chi connectivity index (χ3v) is 6.70. The van der Waals surface area contributed by atoms with Crippen molar-refractivity contribution in [2.24, 2.45) is 7.05 Å². The van der Waals surface area contributed by atoms with E-state index in [-0.39, 0.29) is 12.6 Å². The zero-order valence-electron chi connectivity index (χ0n) is 23.0. The van der Waals surface area contributed by atoms with E-state index in [1.165, 1.54) is 0 Å². The largest absolute Gasteiger partial charge is 0.497 e. The van der Waals surface area contributed by atoms with Crippen LogP contribution >= 0.6 is 0 Å². The van der Waals surface area contributed by atoms with Crippen LogP contribution in [0.25, 0.3) is 10.9 Å². The summed E-state index contributed by atoms with van der Waals surface area (Å²) in [5.41, 5.74) is 5.09. The van der Waals surface area contributed by atoms with Crippen LogP contribution in [0, 0.1) is 0 Å². The van der Waals surface area contributed by atoms with Crippen LogP contribution in [-0.2, 0) is 31.5 Å². The standard InChI is InChI=1S/C33H32N4O4/c1-36-18-17-27-20-29(13-16-31(27)36)35-32(38)34-28-10-6-9-26(19-28)22-37(21-24-11-14-30(40-2)15-12-24)33(39)41-23-25-7-4-3-5-8-25/h3-20H,21-23H2,1-2H3,(H2,34,35,38). The molecule has 0 spiro atoms. The summed E-state index contributed by atoms with van der Waals surface area (Å²) in [5.74, 6) is 0.743. The van der Waals surface area contributed by atoms with Crippen LogP contribution in [0.4, 0.5) is 21.0 Å². The third kappa shape index (κ3) is 7.24. The Balaban J connectivity index is 1.26. The molecule has 0 saturated carbocycles. The van der Waals surface area contributed by atoms with Gasteiger partial charge in [0.25, 0.3) is 0 Å². The molecular formula is C33H32N4O4. The van der Waals surface area contributed by atoms with E-state index in [0.29, 0.717) is 24.5 Å². The molecule has 0 aliphatic carbocycles. The van der Waals surface area contributed by atoms with Gasteiger partial charge in [0.2, 0.25) is 0 Å². The highest BCUT2D eigenvalue weighted by Gasteiger charge is 2.17. The van der Waals surface area contributed by atoms with E-state index in [2.05, 4.69) is 10.6 Å². The number of rotatable bonds is 9. The highest BCUT2D eigenvalue weighted by molar-refractivity contribution is 6.01. The first-order valence-electron chi connectivity index (χ1n) is 13.3. The average Bonchev–Trinajstić information content (AvgIpc) is 3.36. The number of aryl methyl sites for hydroxylation is 1. The van der Waals surface area contributed by atoms with Crippen molar-refractivity contribution < 1.29 is 19.1 Å². The van der Waals surface area contributed by atoms with E-state index in [0.717, 1.165) is 33.3 Å². The summed E-state index contributed by atoms with van der Waals surface area (Å²) in [7, 11) is 3.60. The molecule has 0 saturated heterocycles. The number of nitrogens with one attached hydrogen (secondary N) is 2. The lowest BCUT2D eigenvalue weighted by Crippen LogP contribution is -2.30. The molecule has 4 aromatic carbocycles. The number of amides is 3. The summed E-state index contributed by atoms with van der Waals surface area (Å²) >= 11 is 0. The average molecular weight is 549 g/mol. The Morgan fingerprint density at radius 3 is 2.22 bits per heavy atom. The molecular weight excluding hydrogens is 516 g/mol. The third-order valence-electron chi connectivity index (χ3n) is 6.70. The number of hydrogen-bond acceptors (Lipinski definition) is 4. The molecule has 0 atom stereocenters. The Morgan fingerprint density at radius 2 is 1.46 bits per heavy atom. The van der Waals surface area contributed by atoms with Crippen molar-refractivity contribution in [2.45, 2.75) is 19.7 Å². The molecule has 41 heavy (non-hydrogen) atoms. The lowest BCUT2D eigenvalue weighted by Gasteiger charge is -2.23. The molecule has 8 nitrogen and oxygen atoms in total. The molecule has 5 aromatic rings. The van der Waals surface area contributed by atoms with Gasteiger partial charge in [-0.15, -0.1) is 0 Å². The molecule has 8 heteroatoms. The topological polar surface area (TPSA) is 84.8 Å². The predicted octanol–water partition coefficient (Wildman–Crippen LogP) is 7.17. The van der Waals surface area contributed by atoms with Gasteiger partial charge in [0, 0.05) is 48.6 Å². The van der Waals surface area contributed by atoms with Gasteiger partial charge in [0.15, 0.2) is 0 Å². The summed E-state index contributed by atoms with van der Waals surface area (Å²) in [6.45, 7) is 0.814. The Kier molecular flexibility index (Phi) is 8.49. The number of carbonyl (C=O) groups is 2. The maximum Gasteiger partial charge on any atom is 0.410 e. The Hall–Kier alpha value is -5.24. The highest BCUT2D eigenvalue weighted by Crippen LogP contribution is 2.21. The molecule has 1 aromatic heterocycles. The van der Waals surface area contributed by atoms with E-state index in [1.54, 1.807) is 12.0 Å². The summed E-state index contributed by atoms with van der Waals surface area (Å²) in [5, 5.41) is 6.83. The summed E-state index contributed by atoms with van der Waals surface area (Å²) in [4.78, 5) is 27.6. The number of methoxy groups -OCH3 is 1. The van der Waals surface area contributed by atoms with Crippen LogP contribution in [0.2, 0.25) is 0 Å².